The fourth-order valence-electron chi connectivity index (χ4n) is 2.62. The average molecular weight is 404 g/mol. The number of halogens is 1. The molecule has 0 atom stereocenters. The lowest BCUT2D eigenvalue weighted by Crippen LogP contribution is -2.24. The Bertz CT molecular complexity index is 929. The highest BCUT2D eigenvalue weighted by molar-refractivity contribution is 5.93. The van der Waals surface area contributed by atoms with E-state index in [2.05, 4.69) is 19.2 Å². The zero-order valence-electron chi connectivity index (χ0n) is 16.2. The third kappa shape index (κ3) is 6.27. The Balaban J connectivity index is 1.83. The quantitative estimate of drug-likeness (QED) is 0.408. The van der Waals surface area contributed by atoms with Crippen molar-refractivity contribution in [2.24, 2.45) is 0 Å². The maximum atomic E-state index is 13.6. The number of aryl methyl sites for hydroxylation is 1. The third-order valence-corrected chi connectivity index (χ3v) is 4.02. The molecule has 0 spiro atoms. The third-order valence-electron chi connectivity index (χ3n) is 4.02. The van der Waals surface area contributed by atoms with Crippen LogP contribution in [0.1, 0.15) is 30.9 Å². The normalized spacial score (nSPS) is 10.5. The molecule has 2 rings (SSSR count). The smallest absolute Gasteiger partial charge is 0.344 e. The van der Waals surface area contributed by atoms with Gasteiger partial charge < -0.3 is 14.8 Å². The molecule has 29 heavy (non-hydrogen) atoms. The van der Waals surface area contributed by atoms with Crippen molar-refractivity contribution in [3.63, 3.8) is 0 Å². The fourth-order valence-corrected chi connectivity index (χ4v) is 2.62. The topological polar surface area (TPSA) is 108 Å². The molecule has 8 nitrogen and oxygen atoms in total. The summed E-state index contributed by atoms with van der Waals surface area (Å²) >= 11 is 0. The molecule has 0 aromatic heterocycles. The van der Waals surface area contributed by atoms with Crippen molar-refractivity contribution in [3.05, 3.63) is 63.5 Å². The highest BCUT2D eigenvalue weighted by atomic mass is 19.1. The molecular weight excluding hydrogens is 383 g/mol. The lowest BCUT2D eigenvalue weighted by molar-refractivity contribution is -0.384. The number of nitrogens with zero attached hydrogens (tertiary/aromatic N) is 1. The maximum Gasteiger partial charge on any atom is 0.344 e. The van der Waals surface area contributed by atoms with E-state index in [0.29, 0.717) is 11.7 Å². The summed E-state index contributed by atoms with van der Waals surface area (Å²) in [5, 5.41) is 12.8. The fraction of sp³-hybridized carbons (Fsp3) is 0.300. The van der Waals surface area contributed by atoms with E-state index in [1.165, 1.54) is 5.56 Å². The Hall–Kier alpha value is -3.49. The highest BCUT2D eigenvalue weighted by Crippen LogP contribution is 2.23. The molecule has 0 saturated heterocycles. The molecular formula is C20H21FN2O6. The van der Waals surface area contributed by atoms with Crippen LogP contribution in [0.15, 0.2) is 36.4 Å². The number of amides is 1. The lowest BCUT2D eigenvalue weighted by atomic mass is 9.98. The van der Waals surface area contributed by atoms with Gasteiger partial charge >= 0.3 is 5.97 Å². The molecule has 0 bridgehead atoms. The highest BCUT2D eigenvalue weighted by Gasteiger charge is 2.15. The molecule has 9 heteroatoms. The van der Waals surface area contributed by atoms with E-state index >= 15 is 0 Å². The number of benzene rings is 2. The second kappa shape index (κ2) is 9.63. The molecule has 1 amide bonds. The monoisotopic (exact) mass is 404 g/mol. The minimum absolute atomic E-state index is 0.364. The van der Waals surface area contributed by atoms with Gasteiger partial charge in [0.1, 0.15) is 11.6 Å². The van der Waals surface area contributed by atoms with Gasteiger partial charge in [-0.15, -0.1) is 0 Å². The van der Waals surface area contributed by atoms with Crippen LogP contribution in [0.5, 0.6) is 5.75 Å². The molecule has 0 aliphatic rings. The summed E-state index contributed by atoms with van der Waals surface area (Å²) in [7, 11) is 0. The number of nitro benzene ring substituents is 1. The van der Waals surface area contributed by atoms with Crippen molar-refractivity contribution in [1.82, 2.24) is 0 Å². The molecule has 0 aliphatic heterocycles. The molecule has 0 unspecified atom stereocenters. The second-order valence-electron chi connectivity index (χ2n) is 6.59. The van der Waals surface area contributed by atoms with Crippen molar-refractivity contribution in [3.8, 4) is 5.75 Å². The van der Waals surface area contributed by atoms with Crippen LogP contribution in [0, 0.1) is 22.9 Å². The second-order valence-corrected chi connectivity index (χ2v) is 6.59. The van der Waals surface area contributed by atoms with E-state index in [-0.39, 0.29) is 11.4 Å². The summed E-state index contributed by atoms with van der Waals surface area (Å²) in [6.07, 6.45) is 0. The molecule has 2 aromatic rings. The van der Waals surface area contributed by atoms with Gasteiger partial charge in [-0.2, -0.15) is 0 Å². The van der Waals surface area contributed by atoms with E-state index in [4.69, 9.17) is 9.47 Å². The summed E-state index contributed by atoms with van der Waals surface area (Å²) in [4.78, 5) is 33.6. The Morgan fingerprint density at radius 3 is 2.52 bits per heavy atom. The molecule has 154 valence electrons. The predicted molar refractivity (Wildman–Crippen MR) is 103 cm³/mol. The number of ether oxygens (including phenoxy) is 2. The molecule has 1 N–H and O–H groups in total. The largest absolute Gasteiger partial charge is 0.482 e. The van der Waals surface area contributed by atoms with Gasteiger partial charge in [0.25, 0.3) is 11.6 Å². The van der Waals surface area contributed by atoms with E-state index in [0.717, 1.165) is 23.8 Å². The summed E-state index contributed by atoms with van der Waals surface area (Å²) in [6.45, 7) is 5.00. The van der Waals surface area contributed by atoms with Gasteiger partial charge in [-0.3, -0.25) is 14.9 Å². The molecule has 2 aromatic carbocycles. The summed E-state index contributed by atoms with van der Waals surface area (Å²) < 4.78 is 23.8. The first-order valence-corrected chi connectivity index (χ1v) is 8.80. The van der Waals surface area contributed by atoms with E-state index in [1.54, 1.807) is 12.1 Å². The van der Waals surface area contributed by atoms with E-state index < -0.39 is 35.8 Å². The SMILES string of the molecule is Cc1cc(OCC(=O)OCC(=O)Nc2cc([N+](=O)[O-])ccc2F)ccc1C(C)C. The van der Waals surface area contributed by atoms with Crippen LogP contribution in [0.2, 0.25) is 0 Å². The van der Waals surface area contributed by atoms with Crippen molar-refractivity contribution in [1.29, 1.82) is 0 Å². The average Bonchev–Trinajstić information content (AvgIpc) is 2.66. The van der Waals surface area contributed by atoms with Gasteiger partial charge in [0.15, 0.2) is 13.2 Å². The number of anilines is 1. The van der Waals surface area contributed by atoms with Crippen LogP contribution in [-0.4, -0.2) is 30.0 Å². The Morgan fingerprint density at radius 2 is 1.90 bits per heavy atom. The van der Waals surface area contributed by atoms with Crippen LogP contribution in [0.3, 0.4) is 0 Å². The first kappa shape index (κ1) is 21.8. The van der Waals surface area contributed by atoms with Gasteiger partial charge in [0, 0.05) is 12.1 Å². The van der Waals surface area contributed by atoms with E-state index in [9.17, 15) is 24.1 Å². The Labute approximate surface area is 166 Å². The predicted octanol–water partition coefficient (Wildman–Crippen LogP) is 3.73. The summed E-state index contributed by atoms with van der Waals surface area (Å²) in [5.41, 5.74) is 1.44. The van der Waals surface area contributed by atoms with E-state index in [1.807, 2.05) is 13.0 Å². The van der Waals surface area contributed by atoms with Crippen molar-refractivity contribution in [2.45, 2.75) is 26.7 Å². The molecule has 0 aliphatic carbocycles. The van der Waals surface area contributed by atoms with Gasteiger partial charge in [0.05, 0.1) is 10.6 Å². The number of hydrogen-bond donors (Lipinski definition) is 1. The van der Waals surface area contributed by atoms with Crippen molar-refractivity contribution in [2.75, 3.05) is 18.5 Å². The van der Waals surface area contributed by atoms with Crippen LogP contribution in [0.4, 0.5) is 15.8 Å². The maximum absolute atomic E-state index is 13.6. The number of carbonyl (C=O) groups excluding carboxylic acids is 2. The van der Waals surface area contributed by atoms with Gasteiger partial charge in [-0.25, -0.2) is 9.18 Å². The van der Waals surface area contributed by atoms with Gasteiger partial charge in [-0.1, -0.05) is 19.9 Å². The first-order valence-electron chi connectivity index (χ1n) is 8.80. The number of carbonyl (C=O) groups is 2. The van der Waals surface area contributed by atoms with Crippen molar-refractivity contribution >= 4 is 23.3 Å². The number of non-ortho nitro benzene ring substituents is 1. The standard InChI is InChI=1S/C20H21FN2O6/c1-12(2)16-6-5-15(8-13(16)3)28-11-20(25)29-10-19(24)22-18-9-14(23(26)27)4-7-17(18)21/h4-9,12H,10-11H2,1-3H3,(H,22,24). The first-order chi connectivity index (χ1) is 13.7. The zero-order valence-corrected chi connectivity index (χ0v) is 16.2. The number of esters is 1. The van der Waals surface area contributed by atoms with Crippen molar-refractivity contribution < 1.29 is 28.4 Å². The van der Waals surface area contributed by atoms with Gasteiger partial charge in [0.2, 0.25) is 0 Å². The van der Waals surface area contributed by atoms with Crippen LogP contribution < -0.4 is 10.1 Å². The lowest BCUT2D eigenvalue weighted by Gasteiger charge is -2.12. The molecule has 0 heterocycles. The minimum atomic E-state index is -0.848. The molecule has 0 saturated carbocycles. The number of nitrogens with one attached hydrogen (secondary N) is 1. The zero-order chi connectivity index (χ0) is 21.6. The molecule has 0 radical (unpaired) electrons. The number of hydrogen-bond acceptors (Lipinski definition) is 6. The Kier molecular flexibility index (Phi) is 7.24. The minimum Gasteiger partial charge on any atom is -0.482 e. The number of nitro groups is 1. The Morgan fingerprint density at radius 1 is 1.17 bits per heavy atom. The summed E-state index contributed by atoms with van der Waals surface area (Å²) in [6, 6.07) is 8.18. The summed E-state index contributed by atoms with van der Waals surface area (Å²) in [5.74, 6) is -1.62. The number of rotatable bonds is 8. The van der Waals surface area contributed by atoms with Crippen LogP contribution in [-0.2, 0) is 14.3 Å². The molecule has 0 fully saturated rings. The van der Waals surface area contributed by atoms with Crippen LogP contribution in [0.25, 0.3) is 0 Å². The van der Waals surface area contributed by atoms with Crippen LogP contribution >= 0.6 is 0 Å². The van der Waals surface area contributed by atoms with Gasteiger partial charge in [-0.05, 0) is 42.2 Å².